The molecule has 1 heterocycles. The molecule has 0 aliphatic carbocycles. The van der Waals surface area contributed by atoms with E-state index < -0.39 is 0 Å². The van der Waals surface area contributed by atoms with Gasteiger partial charge < -0.3 is 5.32 Å². The van der Waals surface area contributed by atoms with Gasteiger partial charge in [0.2, 0.25) is 0 Å². The highest BCUT2D eigenvalue weighted by atomic mass is 16.2. The molecular formula is C13H10N4O. The number of amides is 1. The van der Waals surface area contributed by atoms with E-state index in [1.165, 1.54) is 0 Å². The van der Waals surface area contributed by atoms with Crippen LogP contribution in [-0.4, -0.2) is 21.0 Å². The maximum Gasteiger partial charge on any atom is 0.363 e. The molecule has 0 aliphatic rings. The average Bonchev–Trinajstić information content (AvgIpc) is 2.84. The number of nitrogens with one attached hydrogen (secondary N) is 1. The third-order valence-electron chi connectivity index (χ3n) is 2.49. The van der Waals surface area contributed by atoms with Crippen molar-refractivity contribution >= 4 is 22.8 Å². The summed E-state index contributed by atoms with van der Waals surface area (Å²) < 4.78 is 0. The summed E-state index contributed by atoms with van der Waals surface area (Å²) in [7, 11) is 0. The normalized spacial score (nSPS) is 10.4. The monoisotopic (exact) mass is 238 g/mol. The summed E-state index contributed by atoms with van der Waals surface area (Å²) in [6.45, 7) is 0. The predicted octanol–water partition coefficient (Wildman–Crippen LogP) is 2.51. The minimum atomic E-state index is -0.377. The molecule has 1 amide bonds. The first kappa shape index (κ1) is 10.5. The van der Waals surface area contributed by atoms with Crippen molar-refractivity contribution in [3.8, 4) is 0 Å². The first-order valence-corrected chi connectivity index (χ1v) is 5.51. The summed E-state index contributed by atoms with van der Waals surface area (Å²) in [4.78, 5) is 13.0. The molecule has 88 valence electrons. The molecule has 0 unspecified atom stereocenters. The molecule has 0 atom stereocenters. The zero-order valence-corrected chi connectivity index (χ0v) is 9.45. The van der Waals surface area contributed by atoms with Gasteiger partial charge in [0.1, 0.15) is 11.0 Å². The van der Waals surface area contributed by atoms with Crippen molar-refractivity contribution in [1.29, 1.82) is 0 Å². The van der Waals surface area contributed by atoms with Crippen LogP contribution in [-0.2, 0) is 0 Å². The van der Waals surface area contributed by atoms with Gasteiger partial charge in [-0.2, -0.15) is 0 Å². The fourth-order valence-corrected chi connectivity index (χ4v) is 1.65. The molecular weight excluding hydrogens is 228 g/mol. The highest BCUT2D eigenvalue weighted by Crippen LogP contribution is 2.09. The van der Waals surface area contributed by atoms with Crippen molar-refractivity contribution < 1.29 is 4.79 Å². The van der Waals surface area contributed by atoms with Crippen LogP contribution < -0.4 is 5.32 Å². The Labute approximate surface area is 103 Å². The summed E-state index contributed by atoms with van der Waals surface area (Å²) in [6.07, 6.45) is 0. The molecule has 0 bridgehead atoms. The van der Waals surface area contributed by atoms with Crippen LogP contribution in [0.1, 0.15) is 0 Å². The highest BCUT2D eigenvalue weighted by Gasteiger charge is 2.09. The Bertz CT molecular complexity index is 657. The van der Waals surface area contributed by atoms with Crippen LogP contribution in [0, 0.1) is 0 Å². The third kappa shape index (κ3) is 1.93. The first-order valence-electron chi connectivity index (χ1n) is 5.51. The Kier molecular flexibility index (Phi) is 2.49. The van der Waals surface area contributed by atoms with Crippen molar-refractivity contribution in [2.45, 2.75) is 0 Å². The molecule has 0 saturated carbocycles. The molecule has 2 aromatic carbocycles. The van der Waals surface area contributed by atoms with E-state index in [4.69, 9.17) is 0 Å². The van der Waals surface area contributed by atoms with Gasteiger partial charge in [-0.25, -0.2) is 4.79 Å². The Hall–Kier alpha value is -2.69. The van der Waals surface area contributed by atoms with Crippen molar-refractivity contribution in [2.75, 3.05) is 5.32 Å². The first-order chi connectivity index (χ1) is 8.83. The van der Waals surface area contributed by atoms with Gasteiger partial charge in [0.25, 0.3) is 0 Å². The van der Waals surface area contributed by atoms with Gasteiger partial charge in [0, 0.05) is 5.69 Å². The molecule has 0 fully saturated rings. The van der Waals surface area contributed by atoms with Gasteiger partial charge in [0.05, 0.1) is 0 Å². The SMILES string of the molecule is O=C(Nc1ccccc1)n1nc2ccccc2n1. The number of hydrogen-bond donors (Lipinski definition) is 1. The summed E-state index contributed by atoms with van der Waals surface area (Å²) in [5.74, 6) is 0. The van der Waals surface area contributed by atoms with Crippen LogP contribution >= 0.6 is 0 Å². The molecule has 5 heteroatoms. The Morgan fingerprint density at radius 2 is 1.44 bits per heavy atom. The van der Waals surface area contributed by atoms with E-state index in [1.807, 2.05) is 42.5 Å². The van der Waals surface area contributed by atoms with Gasteiger partial charge in [-0.15, -0.1) is 10.2 Å². The van der Waals surface area contributed by atoms with E-state index >= 15 is 0 Å². The van der Waals surface area contributed by atoms with Crippen LogP contribution in [0.3, 0.4) is 0 Å². The lowest BCUT2D eigenvalue weighted by Gasteiger charge is -2.02. The van der Waals surface area contributed by atoms with Crippen molar-refractivity contribution in [3.05, 3.63) is 54.6 Å². The maximum atomic E-state index is 11.9. The minimum Gasteiger partial charge on any atom is -0.305 e. The zero-order chi connectivity index (χ0) is 12.4. The van der Waals surface area contributed by atoms with Gasteiger partial charge in [-0.1, -0.05) is 35.1 Å². The lowest BCUT2D eigenvalue weighted by molar-refractivity contribution is 0.248. The smallest absolute Gasteiger partial charge is 0.305 e. The van der Waals surface area contributed by atoms with Crippen LogP contribution in [0.2, 0.25) is 0 Å². The second-order valence-electron chi connectivity index (χ2n) is 3.77. The number of hydrogen-bond acceptors (Lipinski definition) is 3. The summed E-state index contributed by atoms with van der Waals surface area (Å²) in [5.41, 5.74) is 2.10. The largest absolute Gasteiger partial charge is 0.363 e. The van der Waals surface area contributed by atoms with Gasteiger partial charge >= 0.3 is 6.03 Å². The molecule has 0 radical (unpaired) electrons. The summed E-state index contributed by atoms with van der Waals surface area (Å²) >= 11 is 0. The second kappa shape index (κ2) is 4.29. The van der Waals surface area contributed by atoms with E-state index in [0.717, 1.165) is 4.80 Å². The number of fused-ring (bicyclic) bond motifs is 1. The van der Waals surface area contributed by atoms with E-state index in [-0.39, 0.29) is 6.03 Å². The minimum absolute atomic E-state index is 0.377. The molecule has 5 nitrogen and oxygen atoms in total. The van der Waals surface area contributed by atoms with Crippen molar-refractivity contribution in [3.63, 3.8) is 0 Å². The van der Waals surface area contributed by atoms with Gasteiger partial charge in [-0.05, 0) is 24.3 Å². The number of para-hydroxylation sites is 1. The van der Waals surface area contributed by atoms with Gasteiger partial charge in [-0.3, -0.25) is 0 Å². The lowest BCUT2D eigenvalue weighted by Crippen LogP contribution is -2.21. The van der Waals surface area contributed by atoms with E-state index in [2.05, 4.69) is 15.5 Å². The van der Waals surface area contributed by atoms with Crippen molar-refractivity contribution in [1.82, 2.24) is 15.0 Å². The number of aromatic nitrogens is 3. The maximum absolute atomic E-state index is 11.9. The zero-order valence-electron chi connectivity index (χ0n) is 9.45. The standard InChI is InChI=1S/C13H10N4O/c18-13(14-10-6-2-1-3-7-10)17-15-11-8-4-5-9-12(11)16-17/h1-9H,(H,14,18). The molecule has 0 aliphatic heterocycles. The average molecular weight is 238 g/mol. The highest BCUT2D eigenvalue weighted by molar-refractivity contribution is 5.91. The second-order valence-corrected chi connectivity index (χ2v) is 3.77. The number of carbonyl (C=O) groups excluding carboxylic acids is 1. The van der Waals surface area contributed by atoms with E-state index in [0.29, 0.717) is 16.7 Å². The van der Waals surface area contributed by atoms with Crippen LogP contribution in [0.4, 0.5) is 10.5 Å². The molecule has 1 aromatic heterocycles. The number of rotatable bonds is 1. The Morgan fingerprint density at radius 1 is 0.889 bits per heavy atom. The van der Waals surface area contributed by atoms with Gasteiger partial charge in [0.15, 0.2) is 0 Å². The van der Waals surface area contributed by atoms with Crippen molar-refractivity contribution in [2.24, 2.45) is 0 Å². The predicted molar refractivity (Wildman–Crippen MR) is 68.4 cm³/mol. The topological polar surface area (TPSA) is 59.8 Å². The number of benzene rings is 2. The molecule has 3 aromatic rings. The quantitative estimate of drug-likeness (QED) is 0.708. The fraction of sp³-hybridized carbons (Fsp3) is 0. The number of nitrogens with zero attached hydrogens (tertiary/aromatic N) is 3. The molecule has 1 N–H and O–H groups in total. The number of anilines is 1. The molecule has 18 heavy (non-hydrogen) atoms. The van der Waals surface area contributed by atoms with Crippen LogP contribution in [0.25, 0.3) is 11.0 Å². The fourth-order valence-electron chi connectivity index (χ4n) is 1.65. The Balaban J connectivity index is 1.88. The van der Waals surface area contributed by atoms with Crippen LogP contribution in [0.15, 0.2) is 54.6 Å². The Morgan fingerprint density at radius 3 is 2.06 bits per heavy atom. The third-order valence-corrected chi connectivity index (χ3v) is 2.49. The van der Waals surface area contributed by atoms with E-state index in [1.54, 1.807) is 12.1 Å². The molecule has 0 spiro atoms. The van der Waals surface area contributed by atoms with E-state index in [9.17, 15) is 4.79 Å². The number of carbonyl (C=O) groups is 1. The lowest BCUT2D eigenvalue weighted by atomic mass is 10.3. The molecule has 3 rings (SSSR count). The molecule has 0 saturated heterocycles. The summed E-state index contributed by atoms with van der Waals surface area (Å²) in [5, 5.41) is 10.9. The van der Waals surface area contributed by atoms with Crippen LogP contribution in [0.5, 0.6) is 0 Å². The summed E-state index contributed by atoms with van der Waals surface area (Å²) in [6, 6.07) is 16.2.